The Morgan fingerprint density at radius 1 is 1.00 bits per heavy atom. The first-order valence-electron chi connectivity index (χ1n) is 9.59. The van der Waals surface area contributed by atoms with Crippen LogP contribution in [-0.2, 0) is 22.6 Å². The van der Waals surface area contributed by atoms with Gasteiger partial charge in [-0.05, 0) is 41.5 Å². The molecule has 0 aliphatic heterocycles. The number of hydrogen-bond acceptors (Lipinski definition) is 5. The van der Waals surface area contributed by atoms with Crippen molar-refractivity contribution in [2.24, 2.45) is 0 Å². The molecule has 1 amide bonds. The largest absolute Gasteiger partial charge is 0.507 e. The number of carbonyl (C=O) groups excluding carboxylic acids is 2. The molecule has 0 aliphatic carbocycles. The summed E-state index contributed by atoms with van der Waals surface area (Å²) in [7, 11) is 1.26. The fourth-order valence-electron chi connectivity index (χ4n) is 2.96. The van der Waals surface area contributed by atoms with Gasteiger partial charge in [-0.1, -0.05) is 58.4 Å². The second-order valence-corrected chi connectivity index (χ2v) is 7.75. The highest BCUT2D eigenvalue weighted by atomic mass is 79.9. The van der Waals surface area contributed by atoms with E-state index in [0.717, 1.165) is 11.1 Å². The van der Waals surface area contributed by atoms with Crippen molar-refractivity contribution in [3.8, 4) is 11.5 Å². The van der Waals surface area contributed by atoms with Crippen molar-refractivity contribution in [2.75, 3.05) is 7.11 Å². The van der Waals surface area contributed by atoms with E-state index in [2.05, 4.69) is 21.2 Å². The first-order chi connectivity index (χ1) is 15.0. The molecule has 0 fully saturated rings. The van der Waals surface area contributed by atoms with E-state index in [0.29, 0.717) is 16.8 Å². The number of benzene rings is 3. The number of esters is 1. The van der Waals surface area contributed by atoms with Crippen molar-refractivity contribution in [3.05, 3.63) is 94.0 Å². The van der Waals surface area contributed by atoms with Gasteiger partial charge in [0.15, 0.2) is 0 Å². The molecule has 1 unspecified atom stereocenters. The molecule has 0 aliphatic rings. The smallest absolute Gasteiger partial charge is 0.328 e. The highest BCUT2D eigenvalue weighted by Crippen LogP contribution is 2.22. The van der Waals surface area contributed by atoms with Crippen LogP contribution in [0.5, 0.6) is 11.5 Å². The molecule has 0 heterocycles. The van der Waals surface area contributed by atoms with Gasteiger partial charge in [0.05, 0.1) is 12.7 Å². The number of halogens is 1. The molecular weight excluding hydrogens is 462 g/mol. The van der Waals surface area contributed by atoms with Crippen LogP contribution in [0.3, 0.4) is 0 Å². The molecule has 31 heavy (non-hydrogen) atoms. The van der Waals surface area contributed by atoms with Gasteiger partial charge in [-0.25, -0.2) is 4.79 Å². The minimum atomic E-state index is -0.910. The standard InChI is InChI=1S/C24H22BrNO5/c1-30-24(29)21(26-23(28)20-14-18(25)9-12-22(20)27)13-16-7-10-19(11-8-16)31-15-17-5-3-2-4-6-17/h2-12,14,21,27H,13,15H2,1H3,(H,26,28). The zero-order valence-electron chi connectivity index (χ0n) is 16.9. The molecule has 1 atom stereocenters. The summed E-state index contributed by atoms with van der Waals surface area (Å²) < 4.78 is 11.2. The molecular formula is C24H22BrNO5. The Balaban J connectivity index is 1.65. The highest BCUT2D eigenvalue weighted by molar-refractivity contribution is 9.10. The average Bonchev–Trinajstić information content (AvgIpc) is 2.79. The minimum absolute atomic E-state index is 0.0629. The maximum absolute atomic E-state index is 12.6. The first-order valence-corrected chi connectivity index (χ1v) is 10.4. The molecule has 0 spiro atoms. The Morgan fingerprint density at radius 3 is 2.39 bits per heavy atom. The Bertz CT molecular complexity index is 1040. The minimum Gasteiger partial charge on any atom is -0.507 e. The molecule has 7 heteroatoms. The van der Waals surface area contributed by atoms with Crippen LogP contribution >= 0.6 is 15.9 Å². The monoisotopic (exact) mass is 483 g/mol. The van der Waals surface area contributed by atoms with Crippen LogP contribution in [0.15, 0.2) is 77.3 Å². The number of amides is 1. The van der Waals surface area contributed by atoms with Crippen molar-refractivity contribution >= 4 is 27.8 Å². The van der Waals surface area contributed by atoms with E-state index in [1.54, 1.807) is 6.07 Å². The van der Waals surface area contributed by atoms with E-state index >= 15 is 0 Å². The van der Waals surface area contributed by atoms with Crippen LogP contribution in [-0.4, -0.2) is 30.1 Å². The van der Waals surface area contributed by atoms with E-state index in [9.17, 15) is 14.7 Å². The van der Waals surface area contributed by atoms with Crippen molar-refractivity contribution < 1.29 is 24.2 Å². The molecule has 3 aromatic rings. The van der Waals surface area contributed by atoms with Gasteiger partial charge in [0.25, 0.3) is 5.91 Å². The summed E-state index contributed by atoms with van der Waals surface area (Å²) in [6, 6.07) is 20.7. The quantitative estimate of drug-likeness (QED) is 0.467. The normalized spacial score (nSPS) is 11.4. The zero-order valence-corrected chi connectivity index (χ0v) is 18.5. The van der Waals surface area contributed by atoms with Gasteiger partial charge >= 0.3 is 5.97 Å². The number of phenols is 1. The van der Waals surface area contributed by atoms with Crippen molar-refractivity contribution in [1.82, 2.24) is 5.32 Å². The van der Waals surface area contributed by atoms with Gasteiger partial charge in [-0.15, -0.1) is 0 Å². The molecule has 0 saturated heterocycles. The van der Waals surface area contributed by atoms with Crippen LogP contribution in [0, 0.1) is 0 Å². The number of carbonyl (C=O) groups is 2. The lowest BCUT2D eigenvalue weighted by Crippen LogP contribution is -2.43. The number of hydrogen-bond donors (Lipinski definition) is 2. The van der Waals surface area contributed by atoms with Gasteiger partial charge in [0, 0.05) is 10.9 Å². The van der Waals surface area contributed by atoms with E-state index in [-0.39, 0.29) is 17.7 Å². The number of aromatic hydroxyl groups is 1. The van der Waals surface area contributed by atoms with E-state index in [1.165, 1.54) is 19.2 Å². The number of ether oxygens (including phenoxy) is 2. The number of nitrogens with one attached hydrogen (secondary N) is 1. The van der Waals surface area contributed by atoms with Crippen LogP contribution in [0.25, 0.3) is 0 Å². The van der Waals surface area contributed by atoms with Crippen LogP contribution in [0.2, 0.25) is 0 Å². The van der Waals surface area contributed by atoms with Gasteiger partial charge in [-0.2, -0.15) is 0 Å². The Labute approximate surface area is 188 Å². The third-order valence-electron chi connectivity index (χ3n) is 4.61. The summed E-state index contributed by atoms with van der Waals surface area (Å²) in [6.07, 6.45) is 0.228. The van der Waals surface area contributed by atoms with Crippen LogP contribution in [0.4, 0.5) is 0 Å². The zero-order chi connectivity index (χ0) is 22.2. The van der Waals surface area contributed by atoms with Crippen molar-refractivity contribution in [1.29, 1.82) is 0 Å². The van der Waals surface area contributed by atoms with Crippen molar-refractivity contribution in [2.45, 2.75) is 19.1 Å². The van der Waals surface area contributed by atoms with E-state index in [1.807, 2.05) is 54.6 Å². The summed E-state index contributed by atoms with van der Waals surface area (Å²) in [5.74, 6) is -0.626. The van der Waals surface area contributed by atoms with Crippen LogP contribution in [0.1, 0.15) is 21.5 Å². The molecule has 2 N–H and O–H groups in total. The highest BCUT2D eigenvalue weighted by Gasteiger charge is 2.24. The third kappa shape index (κ3) is 6.33. The second-order valence-electron chi connectivity index (χ2n) is 6.83. The lowest BCUT2D eigenvalue weighted by atomic mass is 10.0. The molecule has 0 aromatic heterocycles. The molecule has 0 saturated carbocycles. The first kappa shape index (κ1) is 22.4. The van der Waals surface area contributed by atoms with Gasteiger partial charge in [0.1, 0.15) is 24.1 Å². The molecule has 0 radical (unpaired) electrons. The molecule has 0 bridgehead atoms. The number of rotatable bonds is 8. The number of phenolic OH excluding ortho intramolecular Hbond substituents is 1. The maximum atomic E-state index is 12.6. The van der Waals surface area contributed by atoms with E-state index < -0.39 is 17.9 Å². The molecule has 3 rings (SSSR count). The molecule has 160 valence electrons. The fourth-order valence-corrected chi connectivity index (χ4v) is 3.32. The summed E-state index contributed by atoms with van der Waals surface area (Å²) in [4.78, 5) is 24.8. The molecule has 6 nitrogen and oxygen atoms in total. The fraction of sp³-hybridized carbons (Fsp3) is 0.167. The molecule has 3 aromatic carbocycles. The van der Waals surface area contributed by atoms with Gasteiger partial charge in [-0.3, -0.25) is 4.79 Å². The van der Waals surface area contributed by atoms with E-state index in [4.69, 9.17) is 9.47 Å². The third-order valence-corrected chi connectivity index (χ3v) is 5.10. The van der Waals surface area contributed by atoms with Gasteiger partial charge < -0.3 is 19.9 Å². The summed E-state index contributed by atoms with van der Waals surface area (Å²) >= 11 is 3.27. The average molecular weight is 484 g/mol. The lowest BCUT2D eigenvalue weighted by Gasteiger charge is -2.17. The predicted octanol–water partition coefficient (Wildman–Crippen LogP) is 4.25. The lowest BCUT2D eigenvalue weighted by molar-refractivity contribution is -0.142. The summed E-state index contributed by atoms with van der Waals surface area (Å²) in [6.45, 7) is 0.456. The summed E-state index contributed by atoms with van der Waals surface area (Å²) in [5, 5.41) is 12.6. The second kappa shape index (κ2) is 10.6. The predicted molar refractivity (Wildman–Crippen MR) is 120 cm³/mol. The van der Waals surface area contributed by atoms with Gasteiger partial charge in [0.2, 0.25) is 0 Å². The SMILES string of the molecule is COC(=O)C(Cc1ccc(OCc2ccccc2)cc1)NC(=O)c1cc(Br)ccc1O. The Hall–Kier alpha value is -3.32. The van der Waals surface area contributed by atoms with Crippen LogP contribution < -0.4 is 10.1 Å². The van der Waals surface area contributed by atoms with Crippen molar-refractivity contribution in [3.63, 3.8) is 0 Å². The Morgan fingerprint density at radius 2 is 1.71 bits per heavy atom. The topological polar surface area (TPSA) is 84.9 Å². The number of methoxy groups -OCH3 is 1. The summed E-state index contributed by atoms with van der Waals surface area (Å²) in [5.41, 5.74) is 1.95. The maximum Gasteiger partial charge on any atom is 0.328 e. The Kier molecular flexibility index (Phi) is 7.67.